The van der Waals surface area contributed by atoms with Crippen molar-refractivity contribution in [2.75, 3.05) is 13.2 Å². The maximum absolute atomic E-state index is 9.44. The van der Waals surface area contributed by atoms with Gasteiger partial charge in [0.1, 0.15) is 0 Å². The highest BCUT2D eigenvalue weighted by atomic mass is 32.1. The van der Waals surface area contributed by atoms with Gasteiger partial charge in [-0.1, -0.05) is 36.4 Å². The fourth-order valence-corrected chi connectivity index (χ4v) is 4.74. The predicted octanol–water partition coefficient (Wildman–Crippen LogP) is 4.38. The van der Waals surface area contributed by atoms with Crippen molar-refractivity contribution in [3.63, 3.8) is 0 Å². The Hall–Kier alpha value is -3.22. The number of benzene rings is 2. The quantitative estimate of drug-likeness (QED) is 0.447. The molecule has 4 aromatic rings. The van der Waals surface area contributed by atoms with Gasteiger partial charge in [0.25, 0.3) is 0 Å². The Bertz CT molecular complexity index is 1210. The van der Waals surface area contributed by atoms with E-state index in [9.17, 15) is 5.11 Å². The standard InChI is InChI=1S/C25H24N4OS/c30-16-6-15-29-24(23(27-25(29)31)21-9-3-4-13-26-21)22-10-5-14-28(22)20-12-11-18-7-1-2-8-19(18)17-20/h1-5,7-14,17,23-24,30H,6,15-16H2,(H,27,31)/t23-,24-/m0/s1. The van der Waals surface area contributed by atoms with Gasteiger partial charge in [-0.2, -0.15) is 0 Å². The lowest BCUT2D eigenvalue weighted by molar-refractivity contribution is 0.245. The second kappa shape index (κ2) is 8.49. The summed E-state index contributed by atoms with van der Waals surface area (Å²) in [5.41, 5.74) is 3.20. The van der Waals surface area contributed by atoms with Gasteiger partial charge < -0.3 is 19.9 Å². The van der Waals surface area contributed by atoms with Crippen LogP contribution >= 0.6 is 12.2 Å². The van der Waals surface area contributed by atoms with Crippen LogP contribution in [0.1, 0.15) is 29.9 Å². The van der Waals surface area contributed by atoms with Crippen molar-refractivity contribution in [2.24, 2.45) is 0 Å². The Kier molecular flexibility index (Phi) is 5.40. The number of rotatable bonds is 6. The number of hydrogen-bond donors (Lipinski definition) is 2. The van der Waals surface area contributed by atoms with Crippen LogP contribution in [-0.2, 0) is 0 Å². The second-order valence-corrected chi connectivity index (χ2v) is 8.12. The highest BCUT2D eigenvalue weighted by Gasteiger charge is 2.40. The summed E-state index contributed by atoms with van der Waals surface area (Å²) in [4.78, 5) is 6.78. The van der Waals surface area contributed by atoms with Crippen molar-refractivity contribution >= 4 is 28.1 Å². The third kappa shape index (κ3) is 3.69. The monoisotopic (exact) mass is 428 g/mol. The molecule has 1 aliphatic rings. The van der Waals surface area contributed by atoms with Crippen LogP contribution in [0.3, 0.4) is 0 Å². The van der Waals surface area contributed by atoms with Crippen molar-refractivity contribution in [3.05, 3.63) is 96.6 Å². The van der Waals surface area contributed by atoms with Gasteiger partial charge in [0.05, 0.1) is 17.8 Å². The smallest absolute Gasteiger partial charge is 0.170 e. The molecule has 2 aromatic heterocycles. The number of aliphatic hydroxyl groups is 1. The molecule has 1 saturated heterocycles. The van der Waals surface area contributed by atoms with Crippen LogP contribution < -0.4 is 5.32 Å². The SMILES string of the molecule is OCCCN1C(=S)N[C@@H](c2ccccn2)[C@@H]1c1cccn1-c1ccc2ccccc2c1. The van der Waals surface area contributed by atoms with E-state index in [2.05, 4.69) is 80.6 Å². The minimum absolute atomic E-state index is 0.0320. The van der Waals surface area contributed by atoms with Crippen molar-refractivity contribution in [2.45, 2.75) is 18.5 Å². The van der Waals surface area contributed by atoms with Crippen LogP contribution in [0.5, 0.6) is 0 Å². The van der Waals surface area contributed by atoms with E-state index in [0.717, 1.165) is 17.1 Å². The average molecular weight is 429 g/mol. The number of nitrogens with zero attached hydrogens (tertiary/aromatic N) is 3. The van der Waals surface area contributed by atoms with Crippen molar-refractivity contribution < 1.29 is 5.11 Å². The first-order valence-corrected chi connectivity index (χ1v) is 10.9. The number of nitrogens with one attached hydrogen (secondary N) is 1. The summed E-state index contributed by atoms with van der Waals surface area (Å²) in [5, 5.41) is 16.0. The number of aromatic nitrogens is 2. The van der Waals surface area contributed by atoms with E-state index < -0.39 is 0 Å². The van der Waals surface area contributed by atoms with Gasteiger partial charge >= 0.3 is 0 Å². The summed E-state index contributed by atoms with van der Waals surface area (Å²) < 4.78 is 2.23. The topological polar surface area (TPSA) is 53.3 Å². The van der Waals surface area contributed by atoms with Gasteiger partial charge in [-0.3, -0.25) is 4.98 Å². The molecule has 6 heteroatoms. The Morgan fingerprint density at radius 1 is 0.968 bits per heavy atom. The zero-order valence-electron chi connectivity index (χ0n) is 17.1. The molecule has 0 radical (unpaired) electrons. The van der Waals surface area contributed by atoms with Crippen LogP contribution in [0, 0.1) is 0 Å². The molecule has 3 heterocycles. The summed E-state index contributed by atoms with van der Waals surface area (Å²) in [7, 11) is 0. The van der Waals surface area contributed by atoms with Gasteiger partial charge in [-0.15, -0.1) is 0 Å². The van der Waals surface area contributed by atoms with Crippen LogP contribution in [-0.4, -0.2) is 37.8 Å². The van der Waals surface area contributed by atoms with Gasteiger partial charge in [-0.05, 0) is 65.8 Å². The van der Waals surface area contributed by atoms with E-state index >= 15 is 0 Å². The highest BCUT2D eigenvalue weighted by molar-refractivity contribution is 7.80. The summed E-state index contributed by atoms with van der Waals surface area (Å²) in [6.45, 7) is 0.811. The molecule has 2 N–H and O–H groups in total. The number of aliphatic hydroxyl groups excluding tert-OH is 1. The number of pyridine rings is 1. The highest BCUT2D eigenvalue weighted by Crippen LogP contribution is 2.39. The second-order valence-electron chi connectivity index (χ2n) is 7.73. The minimum atomic E-state index is -0.0681. The lowest BCUT2D eigenvalue weighted by atomic mass is 10.0. The van der Waals surface area contributed by atoms with Crippen LogP contribution in [0.4, 0.5) is 0 Å². The molecule has 5 rings (SSSR count). The Morgan fingerprint density at radius 3 is 2.61 bits per heavy atom. The van der Waals surface area contributed by atoms with Crippen LogP contribution in [0.25, 0.3) is 16.5 Å². The molecule has 0 bridgehead atoms. The molecule has 5 nitrogen and oxygen atoms in total. The largest absolute Gasteiger partial charge is 0.396 e. The average Bonchev–Trinajstić information content (AvgIpc) is 3.42. The summed E-state index contributed by atoms with van der Waals surface area (Å²) >= 11 is 5.70. The normalized spacial score (nSPS) is 18.5. The first kappa shape index (κ1) is 19.7. The fourth-order valence-electron chi connectivity index (χ4n) is 4.41. The molecule has 2 atom stereocenters. The molecular weight excluding hydrogens is 404 g/mol. The maximum atomic E-state index is 9.44. The van der Waals surface area contributed by atoms with E-state index in [4.69, 9.17) is 12.2 Å². The number of fused-ring (bicyclic) bond motifs is 1. The van der Waals surface area contributed by atoms with E-state index in [0.29, 0.717) is 18.1 Å². The Labute approximate surface area is 187 Å². The van der Waals surface area contributed by atoms with Crippen molar-refractivity contribution in [1.29, 1.82) is 0 Å². The fraction of sp³-hybridized carbons (Fsp3) is 0.200. The van der Waals surface area contributed by atoms with Crippen LogP contribution in [0.2, 0.25) is 0 Å². The zero-order valence-corrected chi connectivity index (χ0v) is 17.9. The number of hydrogen-bond acceptors (Lipinski definition) is 3. The molecular formula is C25H24N4OS. The molecule has 0 aliphatic carbocycles. The molecule has 0 spiro atoms. The molecule has 0 amide bonds. The molecule has 0 unspecified atom stereocenters. The van der Waals surface area contributed by atoms with Gasteiger partial charge in [0.2, 0.25) is 0 Å². The lowest BCUT2D eigenvalue weighted by Gasteiger charge is -2.28. The first-order chi connectivity index (χ1) is 15.3. The summed E-state index contributed by atoms with van der Waals surface area (Å²) in [6.07, 6.45) is 4.57. The van der Waals surface area contributed by atoms with Crippen molar-refractivity contribution in [3.8, 4) is 5.69 Å². The Balaban J connectivity index is 1.60. The first-order valence-electron chi connectivity index (χ1n) is 10.5. The summed E-state index contributed by atoms with van der Waals surface area (Å²) in [6, 6.07) is 25.0. The third-order valence-electron chi connectivity index (χ3n) is 5.85. The van der Waals surface area contributed by atoms with E-state index in [1.54, 1.807) is 0 Å². The van der Waals surface area contributed by atoms with E-state index in [1.165, 1.54) is 10.8 Å². The Morgan fingerprint density at radius 2 is 1.81 bits per heavy atom. The molecule has 156 valence electrons. The van der Waals surface area contributed by atoms with E-state index in [-0.39, 0.29) is 18.7 Å². The maximum Gasteiger partial charge on any atom is 0.170 e. The molecule has 1 fully saturated rings. The molecule has 31 heavy (non-hydrogen) atoms. The third-order valence-corrected chi connectivity index (χ3v) is 6.20. The zero-order chi connectivity index (χ0) is 21.2. The van der Waals surface area contributed by atoms with Gasteiger partial charge in [0, 0.05) is 36.9 Å². The van der Waals surface area contributed by atoms with Gasteiger partial charge in [0.15, 0.2) is 5.11 Å². The molecule has 2 aromatic carbocycles. The summed E-state index contributed by atoms with van der Waals surface area (Å²) in [5.74, 6) is 0. The minimum Gasteiger partial charge on any atom is -0.396 e. The molecule has 1 aliphatic heterocycles. The molecule has 0 saturated carbocycles. The van der Waals surface area contributed by atoms with Gasteiger partial charge in [-0.25, -0.2) is 0 Å². The number of thiocarbonyl (C=S) groups is 1. The van der Waals surface area contributed by atoms with Crippen molar-refractivity contribution in [1.82, 2.24) is 19.8 Å². The predicted molar refractivity (Wildman–Crippen MR) is 127 cm³/mol. The van der Waals surface area contributed by atoms with E-state index in [1.807, 2.05) is 24.4 Å². The van der Waals surface area contributed by atoms with Crippen LogP contribution in [0.15, 0.2) is 85.2 Å². The lowest BCUT2D eigenvalue weighted by Crippen LogP contribution is -2.31.